The maximum absolute atomic E-state index is 5.31. The topological polar surface area (TPSA) is 51.6 Å². The summed E-state index contributed by atoms with van der Waals surface area (Å²) < 4.78 is 0. The molecule has 4 nitrogen and oxygen atoms in total. The highest BCUT2D eigenvalue weighted by Crippen LogP contribution is 2.75. The van der Waals surface area contributed by atoms with E-state index in [9.17, 15) is 0 Å². The number of rotatable bonds is 7. The van der Waals surface area contributed by atoms with Gasteiger partial charge in [0, 0.05) is 33.4 Å². The summed E-state index contributed by atoms with van der Waals surface area (Å²) in [5.41, 5.74) is 10.2. The second-order valence-electron chi connectivity index (χ2n) is 10.8. The first-order chi connectivity index (χ1) is 21.7. The van der Waals surface area contributed by atoms with Crippen molar-refractivity contribution < 1.29 is 0 Å². The number of pyridine rings is 4. The van der Waals surface area contributed by atoms with Crippen LogP contribution in [0.15, 0.2) is 146 Å². The molecule has 0 fully saturated rings. The highest BCUT2D eigenvalue weighted by molar-refractivity contribution is 8.48. The summed E-state index contributed by atoms with van der Waals surface area (Å²) in [6.07, 6.45) is 6.08. The van der Waals surface area contributed by atoms with Crippen LogP contribution in [0.5, 0.6) is 0 Å². The third-order valence-corrected chi connectivity index (χ3v) is 11.9. The van der Waals surface area contributed by atoms with E-state index in [1.165, 1.54) is 32.1 Å². The maximum Gasteiger partial charge on any atom is 0.0893 e. The average Bonchev–Trinajstić information content (AvgIpc) is 3.39. The van der Waals surface area contributed by atoms with E-state index in [1.807, 2.05) is 60.9 Å². The van der Waals surface area contributed by atoms with Gasteiger partial charge < -0.3 is 0 Å². The van der Waals surface area contributed by atoms with Gasteiger partial charge in [-0.2, -0.15) is 10.0 Å². The van der Waals surface area contributed by atoms with Gasteiger partial charge in [0.05, 0.1) is 34.2 Å². The van der Waals surface area contributed by atoms with Gasteiger partial charge in [0.25, 0.3) is 0 Å². The van der Waals surface area contributed by atoms with Crippen LogP contribution in [-0.2, 0) is 0 Å². The van der Waals surface area contributed by atoms with Gasteiger partial charge in [-0.3, -0.25) is 9.97 Å². The molecule has 0 saturated heterocycles. The fraction of sp³-hybridized carbons (Fsp3) is 0.0769. The van der Waals surface area contributed by atoms with Crippen molar-refractivity contribution in [3.63, 3.8) is 0 Å². The van der Waals surface area contributed by atoms with Gasteiger partial charge in [-0.25, -0.2) is 9.97 Å². The highest BCUT2D eigenvalue weighted by Gasteiger charge is 2.42. The van der Waals surface area contributed by atoms with E-state index in [2.05, 4.69) is 108 Å². The van der Waals surface area contributed by atoms with Crippen LogP contribution in [-0.4, -0.2) is 31.9 Å². The summed E-state index contributed by atoms with van der Waals surface area (Å²) in [5.74, 6) is 0.940. The van der Waals surface area contributed by atoms with Gasteiger partial charge in [0.1, 0.15) is 0 Å². The summed E-state index contributed by atoms with van der Waals surface area (Å²) in [6, 6.07) is 46.1. The Bertz CT molecular complexity index is 1840. The van der Waals surface area contributed by atoms with Gasteiger partial charge in [-0.1, -0.05) is 91.9 Å². The first-order valence-corrected chi connectivity index (χ1v) is 17.0. The van der Waals surface area contributed by atoms with E-state index in [0.29, 0.717) is 0 Å². The number of hydrogen-bond donors (Lipinski definition) is 0. The number of aromatic nitrogens is 4. The summed E-state index contributed by atoms with van der Waals surface area (Å²) in [6.45, 7) is 2.30. The van der Waals surface area contributed by atoms with Crippen LogP contribution in [0.25, 0.3) is 43.7 Å². The Kier molecular flexibility index (Phi) is 7.47. The van der Waals surface area contributed by atoms with Gasteiger partial charge in [-0.15, -0.1) is 0 Å². The average molecular weight is 589 g/mol. The number of hydrogen-bond acceptors (Lipinski definition) is 4. The molecule has 5 heteroatoms. The molecule has 214 valence electrons. The standard InChI is InChI=1S/C39H32N4S/c1-3-44(2)38(34-24-14-22-32(42-34)30-20-10-12-26-40-30)36(28-16-6-4-7-17-28)37(29-18-8-5-9-19-29)39(44)35-25-15-23-33(43-35)31-21-11-13-27-41-31/h4-27H,3H2,1-2H3. The van der Waals surface area contributed by atoms with Crippen LogP contribution in [0.2, 0.25) is 0 Å². The monoisotopic (exact) mass is 588 g/mol. The van der Waals surface area contributed by atoms with Crippen molar-refractivity contribution in [2.75, 3.05) is 12.0 Å². The lowest BCUT2D eigenvalue weighted by molar-refractivity contribution is 1.23. The van der Waals surface area contributed by atoms with Crippen molar-refractivity contribution in [1.29, 1.82) is 0 Å². The molecule has 0 saturated carbocycles. The third-order valence-electron chi connectivity index (χ3n) is 8.13. The Labute approximate surface area is 260 Å². The van der Waals surface area contributed by atoms with E-state index in [1.54, 1.807) is 0 Å². The Morgan fingerprint density at radius 1 is 0.432 bits per heavy atom. The Morgan fingerprint density at radius 3 is 1.20 bits per heavy atom. The van der Waals surface area contributed by atoms with E-state index in [4.69, 9.17) is 9.97 Å². The molecule has 0 unspecified atom stereocenters. The molecule has 0 spiro atoms. The van der Waals surface area contributed by atoms with E-state index >= 15 is 0 Å². The van der Waals surface area contributed by atoms with Crippen molar-refractivity contribution in [2.45, 2.75) is 6.92 Å². The summed E-state index contributed by atoms with van der Waals surface area (Å²) >= 11 is 0. The molecule has 7 rings (SSSR count). The molecular formula is C39H32N4S. The van der Waals surface area contributed by atoms with Gasteiger partial charge in [0.15, 0.2) is 0 Å². The van der Waals surface area contributed by atoms with Crippen LogP contribution >= 0.6 is 10.0 Å². The smallest absolute Gasteiger partial charge is 0.0893 e. The first kappa shape index (κ1) is 27.7. The zero-order valence-electron chi connectivity index (χ0n) is 24.8. The van der Waals surface area contributed by atoms with E-state index in [-0.39, 0.29) is 0 Å². The van der Waals surface area contributed by atoms with E-state index < -0.39 is 10.0 Å². The Hall–Kier alpha value is -5.13. The lowest BCUT2D eigenvalue weighted by Gasteiger charge is -2.37. The number of nitrogens with zero attached hydrogens (tertiary/aromatic N) is 4. The Balaban J connectivity index is 1.55. The molecule has 6 aromatic rings. The lowest BCUT2D eigenvalue weighted by Crippen LogP contribution is -2.07. The summed E-state index contributed by atoms with van der Waals surface area (Å²) in [7, 11) is -1.63. The molecule has 0 amide bonds. The van der Waals surface area contributed by atoms with Gasteiger partial charge in [-0.05, 0) is 71.7 Å². The van der Waals surface area contributed by atoms with Crippen molar-refractivity contribution in [3.05, 3.63) is 168 Å². The fourth-order valence-corrected chi connectivity index (χ4v) is 9.26. The van der Waals surface area contributed by atoms with Crippen molar-refractivity contribution in [1.82, 2.24) is 19.9 Å². The highest BCUT2D eigenvalue weighted by atomic mass is 32.3. The molecule has 1 aliphatic heterocycles. The number of benzene rings is 2. The summed E-state index contributed by atoms with van der Waals surface area (Å²) in [4.78, 5) is 22.4. The minimum absolute atomic E-state index is 0.864. The largest absolute Gasteiger partial charge is 0.255 e. The fourth-order valence-electron chi connectivity index (χ4n) is 5.98. The molecule has 0 aliphatic carbocycles. The van der Waals surface area contributed by atoms with Crippen LogP contribution < -0.4 is 0 Å². The van der Waals surface area contributed by atoms with Crippen LogP contribution in [0.4, 0.5) is 0 Å². The van der Waals surface area contributed by atoms with Crippen LogP contribution in [0.3, 0.4) is 0 Å². The molecular weight excluding hydrogens is 557 g/mol. The zero-order chi connectivity index (χ0) is 29.9. The SMILES string of the molecule is CCS1(C)C(c2cccc(-c3ccccn3)n2)=C(c2ccccc2)C(c2ccccc2)=C1c1cccc(-c2ccccn2)n1. The Morgan fingerprint density at radius 2 is 0.818 bits per heavy atom. The quantitative estimate of drug-likeness (QED) is 0.186. The van der Waals surface area contributed by atoms with Gasteiger partial charge >= 0.3 is 0 Å². The molecule has 44 heavy (non-hydrogen) atoms. The normalized spacial score (nSPS) is 15.0. The van der Waals surface area contributed by atoms with E-state index in [0.717, 1.165) is 39.9 Å². The second kappa shape index (κ2) is 11.9. The molecule has 0 atom stereocenters. The molecule has 0 bridgehead atoms. The predicted molar refractivity (Wildman–Crippen MR) is 186 cm³/mol. The zero-order valence-corrected chi connectivity index (χ0v) is 25.6. The second-order valence-corrected chi connectivity index (χ2v) is 14.3. The molecule has 0 N–H and O–H groups in total. The summed E-state index contributed by atoms with van der Waals surface area (Å²) in [5, 5.41) is 0. The molecule has 4 aromatic heterocycles. The van der Waals surface area contributed by atoms with Crippen molar-refractivity contribution >= 4 is 31.0 Å². The molecule has 0 radical (unpaired) electrons. The van der Waals surface area contributed by atoms with Crippen molar-refractivity contribution in [3.8, 4) is 22.8 Å². The van der Waals surface area contributed by atoms with Crippen LogP contribution in [0.1, 0.15) is 29.4 Å². The predicted octanol–water partition coefficient (Wildman–Crippen LogP) is 9.51. The van der Waals surface area contributed by atoms with Crippen LogP contribution in [0, 0.1) is 0 Å². The molecule has 1 aliphatic rings. The minimum Gasteiger partial charge on any atom is -0.255 e. The molecule has 2 aromatic carbocycles. The number of allylic oxidation sites excluding steroid dienone is 2. The van der Waals surface area contributed by atoms with Gasteiger partial charge in [0.2, 0.25) is 0 Å². The maximum atomic E-state index is 5.31. The minimum atomic E-state index is -1.63. The molecule has 5 heterocycles. The third kappa shape index (κ3) is 4.95. The first-order valence-electron chi connectivity index (χ1n) is 14.8. The lowest BCUT2D eigenvalue weighted by atomic mass is 9.90. The van der Waals surface area contributed by atoms with Crippen molar-refractivity contribution in [2.24, 2.45) is 0 Å².